The van der Waals surface area contributed by atoms with Gasteiger partial charge in [0.25, 0.3) is 5.91 Å². The maximum atomic E-state index is 12.5. The van der Waals surface area contributed by atoms with Crippen LogP contribution in [0.3, 0.4) is 0 Å². The third kappa shape index (κ3) is 3.45. The van der Waals surface area contributed by atoms with E-state index in [2.05, 4.69) is 11.9 Å². The second kappa shape index (κ2) is 6.35. The van der Waals surface area contributed by atoms with Crippen molar-refractivity contribution < 1.29 is 9.53 Å². The minimum absolute atomic E-state index is 0.0115. The third-order valence-electron chi connectivity index (χ3n) is 3.23. The number of hydrogen-bond donors (Lipinski definition) is 0. The molecule has 1 aliphatic rings. The summed E-state index contributed by atoms with van der Waals surface area (Å²) in [5, 5.41) is 0.384. The molecule has 0 spiro atoms. The first-order valence-corrected chi connectivity index (χ1v) is 7.04. The number of amides is 1. The van der Waals surface area contributed by atoms with Gasteiger partial charge in [-0.05, 0) is 25.5 Å². The van der Waals surface area contributed by atoms with Crippen LogP contribution in [0.4, 0.5) is 0 Å². The summed E-state index contributed by atoms with van der Waals surface area (Å²) in [6.45, 7) is 5.88. The number of carbonyl (C=O) groups is 1. The summed E-state index contributed by atoms with van der Waals surface area (Å²) in [5.41, 5.74) is 1.50. The summed E-state index contributed by atoms with van der Waals surface area (Å²) in [6, 6.07) is 3.59. The van der Waals surface area contributed by atoms with E-state index in [1.807, 2.05) is 17.9 Å². The van der Waals surface area contributed by atoms with Crippen LogP contribution in [0.25, 0.3) is 0 Å². The number of carbonyl (C=O) groups excluding carboxylic acids is 1. The fourth-order valence-electron chi connectivity index (χ4n) is 2.25. The first kappa shape index (κ1) is 14.3. The smallest absolute Gasteiger partial charge is 0.254 e. The Labute approximate surface area is 118 Å². The van der Waals surface area contributed by atoms with Crippen molar-refractivity contribution >= 4 is 17.5 Å². The molecule has 1 aromatic rings. The van der Waals surface area contributed by atoms with E-state index in [1.54, 1.807) is 6.07 Å². The molecule has 0 bridgehead atoms. The number of hydrogen-bond acceptors (Lipinski definition) is 3. The zero-order chi connectivity index (χ0) is 13.8. The molecule has 19 heavy (non-hydrogen) atoms. The van der Waals surface area contributed by atoms with E-state index in [0.29, 0.717) is 30.5 Å². The number of aromatic nitrogens is 1. The van der Waals surface area contributed by atoms with Gasteiger partial charge in [0, 0.05) is 17.8 Å². The fourth-order valence-corrected chi connectivity index (χ4v) is 2.48. The maximum Gasteiger partial charge on any atom is 0.254 e. The molecule has 104 valence electrons. The van der Waals surface area contributed by atoms with E-state index in [0.717, 1.165) is 18.5 Å². The molecule has 0 N–H and O–H groups in total. The number of nitrogens with zero attached hydrogens (tertiary/aromatic N) is 2. The number of aryl methyl sites for hydroxylation is 1. The van der Waals surface area contributed by atoms with Crippen molar-refractivity contribution in [3.63, 3.8) is 0 Å². The van der Waals surface area contributed by atoms with Gasteiger partial charge in [0.1, 0.15) is 5.15 Å². The van der Waals surface area contributed by atoms with Crippen LogP contribution in [0.1, 0.15) is 36.3 Å². The molecule has 1 unspecified atom stereocenters. The number of halogens is 1. The molecule has 4 nitrogen and oxygen atoms in total. The topological polar surface area (TPSA) is 42.4 Å². The van der Waals surface area contributed by atoms with Crippen molar-refractivity contribution in [2.45, 2.75) is 32.7 Å². The van der Waals surface area contributed by atoms with E-state index in [9.17, 15) is 4.79 Å². The monoisotopic (exact) mass is 282 g/mol. The average Bonchev–Trinajstić information content (AvgIpc) is 2.38. The van der Waals surface area contributed by atoms with Gasteiger partial charge >= 0.3 is 0 Å². The molecule has 0 radical (unpaired) electrons. The Morgan fingerprint density at radius 1 is 1.58 bits per heavy atom. The molecule has 0 aliphatic carbocycles. The highest BCUT2D eigenvalue weighted by molar-refractivity contribution is 6.29. The molecule has 0 saturated carbocycles. The predicted octanol–water partition coefficient (Wildman–Crippen LogP) is 2.55. The summed E-state index contributed by atoms with van der Waals surface area (Å²) in [4.78, 5) is 18.6. The van der Waals surface area contributed by atoms with Gasteiger partial charge in [-0.3, -0.25) is 4.79 Å². The Morgan fingerprint density at radius 2 is 2.37 bits per heavy atom. The van der Waals surface area contributed by atoms with Gasteiger partial charge < -0.3 is 9.64 Å². The first-order valence-electron chi connectivity index (χ1n) is 6.67. The standard InChI is InChI=1S/C14H19ClN2O2/c1-3-4-12-7-11(8-13(15)16-12)14(18)17-5-6-19-9-10(17)2/h7-8,10H,3-6,9H2,1-2H3. The normalized spacial score (nSPS) is 19.5. The highest BCUT2D eigenvalue weighted by Gasteiger charge is 2.25. The van der Waals surface area contributed by atoms with E-state index in [1.165, 1.54) is 0 Å². The van der Waals surface area contributed by atoms with Crippen molar-refractivity contribution in [2.24, 2.45) is 0 Å². The second-order valence-corrected chi connectivity index (χ2v) is 5.23. The third-order valence-corrected chi connectivity index (χ3v) is 3.42. The van der Waals surface area contributed by atoms with Crippen LogP contribution < -0.4 is 0 Å². The lowest BCUT2D eigenvalue weighted by molar-refractivity contribution is 0.00358. The van der Waals surface area contributed by atoms with Crippen molar-refractivity contribution in [2.75, 3.05) is 19.8 Å². The molecule has 0 aromatic carbocycles. The number of ether oxygens (including phenoxy) is 1. The minimum atomic E-state index is 0.0115. The van der Waals surface area contributed by atoms with Gasteiger partial charge in [0.2, 0.25) is 0 Å². The molecule has 5 heteroatoms. The highest BCUT2D eigenvalue weighted by Crippen LogP contribution is 2.17. The minimum Gasteiger partial charge on any atom is -0.377 e. The Kier molecular flexibility index (Phi) is 4.77. The van der Waals surface area contributed by atoms with Crippen molar-refractivity contribution in [3.05, 3.63) is 28.5 Å². The summed E-state index contributed by atoms with van der Waals surface area (Å²) < 4.78 is 5.35. The molecule has 1 amide bonds. The van der Waals surface area contributed by atoms with Gasteiger partial charge in [-0.1, -0.05) is 24.9 Å². The van der Waals surface area contributed by atoms with Crippen LogP contribution in [-0.2, 0) is 11.2 Å². The van der Waals surface area contributed by atoms with E-state index >= 15 is 0 Å². The van der Waals surface area contributed by atoms with Crippen LogP contribution in [0.15, 0.2) is 12.1 Å². The molecule has 2 rings (SSSR count). The Hall–Kier alpha value is -1.13. The van der Waals surface area contributed by atoms with Crippen LogP contribution in [0, 0.1) is 0 Å². The Bertz CT molecular complexity index is 465. The molecule has 1 aromatic heterocycles. The molecule has 2 heterocycles. The molecule has 1 saturated heterocycles. The zero-order valence-corrected chi connectivity index (χ0v) is 12.1. The SMILES string of the molecule is CCCc1cc(C(=O)N2CCOCC2C)cc(Cl)n1. The van der Waals surface area contributed by atoms with E-state index in [4.69, 9.17) is 16.3 Å². The average molecular weight is 283 g/mol. The van der Waals surface area contributed by atoms with Crippen LogP contribution in [0.2, 0.25) is 5.15 Å². The summed E-state index contributed by atoms with van der Waals surface area (Å²) in [7, 11) is 0. The van der Waals surface area contributed by atoms with Gasteiger partial charge in [0.15, 0.2) is 0 Å². The first-order chi connectivity index (χ1) is 9.11. The lowest BCUT2D eigenvalue weighted by atomic mass is 10.1. The van der Waals surface area contributed by atoms with Crippen LogP contribution in [0.5, 0.6) is 0 Å². The van der Waals surface area contributed by atoms with Crippen LogP contribution >= 0.6 is 11.6 Å². The Balaban J connectivity index is 2.22. The summed E-state index contributed by atoms with van der Waals surface area (Å²) >= 11 is 6.00. The summed E-state index contributed by atoms with van der Waals surface area (Å²) in [5.74, 6) is 0.0115. The van der Waals surface area contributed by atoms with Crippen LogP contribution in [-0.4, -0.2) is 41.6 Å². The largest absolute Gasteiger partial charge is 0.377 e. The van der Waals surface area contributed by atoms with Crippen molar-refractivity contribution in [1.82, 2.24) is 9.88 Å². The summed E-state index contributed by atoms with van der Waals surface area (Å²) in [6.07, 6.45) is 1.81. The van der Waals surface area contributed by atoms with Gasteiger partial charge in [-0.15, -0.1) is 0 Å². The van der Waals surface area contributed by atoms with E-state index < -0.39 is 0 Å². The number of morpholine rings is 1. The fraction of sp³-hybridized carbons (Fsp3) is 0.571. The van der Waals surface area contributed by atoms with Gasteiger partial charge in [-0.25, -0.2) is 4.98 Å². The Morgan fingerprint density at radius 3 is 3.05 bits per heavy atom. The van der Waals surface area contributed by atoms with Gasteiger partial charge in [-0.2, -0.15) is 0 Å². The molecular formula is C14H19ClN2O2. The molecule has 1 atom stereocenters. The van der Waals surface area contributed by atoms with Crippen molar-refractivity contribution in [1.29, 1.82) is 0 Å². The highest BCUT2D eigenvalue weighted by atomic mass is 35.5. The van der Waals surface area contributed by atoms with E-state index in [-0.39, 0.29) is 11.9 Å². The van der Waals surface area contributed by atoms with Crippen molar-refractivity contribution in [3.8, 4) is 0 Å². The molecular weight excluding hydrogens is 264 g/mol. The molecule has 1 aliphatic heterocycles. The predicted molar refractivity (Wildman–Crippen MR) is 74.6 cm³/mol. The lowest BCUT2D eigenvalue weighted by Gasteiger charge is -2.33. The quantitative estimate of drug-likeness (QED) is 0.800. The van der Waals surface area contributed by atoms with Gasteiger partial charge in [0.05, 0.1) is 19.3 Å². The zero-order valence-electron chi connectivity index (χ0n) is 11.4. The number of pyridine rings is 1. The lowest BCUT2D eigenvalue weighted by Crippen LogP contribution is -2.47. The second-order valence-electron chi connectivity index (χ2n) is 4.84. The number of rotatable bonds is 3. The maximum absolute atomic E-state index is 12.5. The molecule has 1 fully saturated rings.